The molecule has 0 saturated heterocycles. The van der Waals surface area contributed by atoms with Gasteiger partial charge in [-0.25, -0.2) is 9.37 Å². The minimum absolute atomic E-state index is 0.158. The second kappa shape index (κ2) is 7.45. The van der Waals surface area contributed by atoms with Gasteiger partial charge in [0.1, 0.15) is 11.6 Å². The zero-order chi connectivity index (χ0) is 21.4. The van der Waals surface area contributed by atoms with E-state index in [1.54, 1.807) is 35.9 Å². The Bertz CT molecular complexity index is 1400. The monoisotopic (exact) mass is 398 g/mol. The van der Waals surface area contributed by atoms with Gasteiger partial charge in [-0.1, -0.05) is 24.3 Å². The van der Waals surface area contributed by atoms with E-state index in [-0.39, 0.29) is 11.4 Å². The van der Waals surface area contributed by atoms with Gasteiger partial charge in [-0.3, -0.25) is 9.47 Å². The van der Waals surface area contributed by atoms with Crippen LogP contribution in [0.15, 0.2) is 59.4 Å². The zero-order valence-electron chi connectivity index (χ0n) is 16.8. The van der Waals surface area contributed by atoms with Gasteiger partial charge in [-0.2, -0.15) is 9.94 Å². The number of nitriles is 1. The third-order valence-electron chi connectivity index (χ3n) is 5.13. The molecule has 30 heavy (non-hydrogen) atoms. The van der Waals surface area contributed by atoms with Crippen molar-refractivity contribution < 1.29 is 4.39 Å². The van der Waals surface area contributed by atoms with Crippen molar-refractivity contribution >= 4 is 22.6 Å². The van der Waals surface area contributed by atoms with Gasteiger partial charge in [-0.05, 0) is 68.3 Å². The molecule has 0 fully saturated rings. The average molecular weight is 398 g/mol. The highest BCUT2D eigenvalue weighted by Crippen LogP contribution is 2.23. The van der Waals surface area contributed by atoms with Crippen molar-refractivity contribution in [2.45, 2.75) is 20.8 Å². The fourth-order valence-electron chi connectivity index (χ4n) is 3.67. The number of halogens is 1. The zero-order valence-corrected chi connectivity index (χ0v) is 16.8. The lowest BCUT2D eigenvalue weighted by Crippen LogP contribution is -2.30. The van der Waals surface area contributed by atoms with Crippen LogP contribution in [-0.2, 0) is 0 Å². The average Bonchev–Trinajstić information content (AvgIpc) is 3.00. The molecular weight excluding hydrogens is 379 g/mol. The second-order valence-electron chi connectivity index (χ2n) is 7.11. The standard InChI is InChI=1S/C24H19FN4O/c1-15-12-19(13-20(14-26)18-8-10-21(25)11-9-18)16(2)28(15)29-17(3)27-23-7-5-4-6-22(23)24(29)30/h4-13H,1-3H3. The minimum Gasteiger partial charge on any atom is -0.267 e. The van der Waals surface area contributed by atoms with Gasteiger partial charge >= 0.3 is 0 Å². The Morgan fingerprint density at radius 2 is 1.77 bits per heavy atom. The molecule has 148 valence electrons. The van der Waals surface area contributed by atoms with Crippen LogP contribution < -0.4 is 5.56 Å². The summed E-state index contributed by atoms with van der Waals surface area (Å²) in [5, 5.41) is 10.2. The molecule has 0 aliphatic carbocycles. The van der Waals surface area contributed by atoms with Crippen molar-refractivity contribution in [2.75, 3.05) is 0 Å². The topological polar surface area (TPSA) is 63.6 Å². The van der Waals surface area contributed by atoms with E-state index < -0.39 is 0 Å². The van der Waals surface area contributed by atoms with Crippen LogP contribution in [-0.4, -0.2) is 14.3 Å². The molecule has 6 heteroatoms. The van der Waals surface area contributed by atoms with Crippen molar-refractivity contribution in [1.82, 2.24) is 14.3 Å². The Morgan fingerprint density at radius 3 is 2.47 bits per heavy atom. The van der Waals surface area contributed by atoms with E-state index >= 15 is 0 Å². The molecule has 0 amide bonds. The van der Waals surface area contributed by atoms with Gasteiger partial charge in [0, 0.05) is 11.4 Å². The summed E-state index contributed by atoms with van der Waals surface area (Å²) >= 11 is 0. The van der Waals surface area contributed by atoms with Crippen LogP contribution in [0.25, 0.3) is 22.6 Å². The number of fused-ring (bicyclic) bond motifs is 1. The summed E-state index contributed by atoms with van der Waals surface area (Å²) in [5.74, 6) is 0.211. The van der Waals surface area contributed by atoms with E-state index in [2.05, 4.69) is 11.1 Å². The van der Waals surface area contributed by atoms with E-state index in [1.165, 1.54) is 12.1 Å². The molecule has 0 N–H and O–H groups in total. The first kappa shape index (κ1) is 19.3. The van der Waals surface area contributed by atoms with E-state index in [0.717, 1.165) is 17.0 Å². The first-order chi connectivity index (χ1) is 14.4. The van der Waals surface area contributed by atoms with Crippen molar-refractivity contribution in [3.05, 3.63) is 99.1 Å². The number of rotatable bonds is 3. The number of hydrogen-bond donors (Lipinski definition) is 0. The molecule has 0 bridgehead atoms. The molecule has 0 aliphatic rings. The Morgan fingerprint density at radius 1 is 1.07 bits per heavy atom. The molecular formula is C24H19FN4O. The third-order valence-corrected chi connectivity index (χ3v) is 5.13. The summed E-state index contributed by atoms with van der Waals surface area (Å²) in [6, 6.07) is 17.1. The van der Waals surface area contributed by atoms with Crippen LogP contribution in [0.4, 0.5) is 4.39 Å². The Kier molecular flexibility index (Phi) is 4.80. The summed E-state index contributed by atoms with van der Waals surface area (Å²) in [6.07, 6.45) is 1.75. The van der Waals surface area contributed by atoms with Crippen LogP contribution in [0.1, 0.15) is 28.3 Å². The Hall–Kier alpha value is -3.98. The molecule has 4 aromatic rings. The lowest BCUT2D eigenvalue weighted by atomic mass is 10.0. The summed E-state index contributed by atoms with van der Waals surface area (Å²) in [7, 11) is 0. The van der Waals surface area contributed by atoms with E-state index in [4.69, 9.17) is 0 Å². The highest BCUT2D eigenvalue weighted by Gasteiger charge is 2.15. The normalized spacial score (nSPS) is 11.6. The molecule has 4 rings (SSSR count). The van der Waals surface area contributed by atoms with Gasteiger partial charge in [0.25, 0.3) is 5.56 Å². The fourth-order valence-corrected chi connectivity index (χ4v) is 3.67. The van der Waals surface area contributed by atoms with Gasteiger partial charge in [0.2, 0.25) is 0 Å². The molecule has 5 nitrogen and oxygen atoms in total. The number of aromatic nitrogens is 3. The maximum Gasteiger partial charge on any atom is 0.280 e. The summed E-state index contributed by atoms with van der Waals surface area (Å²) in [6.45, 7) is 5.58. The molecule has 0 radical (unpaired) electrons. The first-order valence-corrected chi connectivity index (χ1v) is 9.46. The SMILES string of the molecule is Cc1cc(C=C(C#N)c2ccc(F)cc2)c(C)n1-n1c(C)nc2ccccc2c1=O. The molecule has 2 aromatic carbocycles. The molecule has 2 aromatic heterocycles. The van der Waals surface area contributed by atoms with Crippen molar-refractivity contribution in [3.8, 4) is 6.07 Å². The second-order valence-corrected chi connectivity index (χ2v) is 7.11. The quantitative estimate of drug-likeness (QED) is 0.472. The summed E-state index contributed by atoms with van der Waals surface area (Å²) < 4.78 is 16.6. The van der Waals surface area contributed by atoms with E-state index in [0.29, 0.717) is 27.9 Å². The lowest BCUT2D eigenvalue weighted by Gasteiger charge is -2.16. The number of para-hydroxylation sites is 1. The predicted molar refractivity (Wildman–Crippen MR) is 115 cm³/mol. The Labute approximate surface area is 172 Å². The number of benzene rings is 2. The van der Waals surface area contributed by atoms with Crippen molar-refractivity contribution in [1.29, 1.82) is 5.26 Å². The highest BCUT2D eigenvalue weighted by molar-refractivity contribution is 5.90. The van der Waals surface area contributed by atoms with Gasteiger partial charge in [-0.15, -0.1) is 0 Å². The highest BCUT2D eigenvalue weighted by atomic mass is 19.1. The van der Waals surface area contributed by atoms with Crippen LogP contribution >= 0.6 is 0 Å². The van der Waals surface area contributed by atoms with Gasteiger partial charge in [0.05, 0.1) is 22.5 Å². The minimum atomic E-state index is -0.354. The summed E-state index contributed by atoms with van der Waals surface area (Å²) in [4.78, 5) is 17.8. The smallest absolute Gasteiger partial charge is 0.267 e. The largest absolute Gasteiger partial charge is 0.280 e. The van der Waals surface area contributed by atoms with E-state index in [9.17, 15) is 14.4 Å². The fraction of sp³-hybridized carbons (Fsp3) is 0.125. The first-order valence-electron chi connectivity index (χ1n) is 9.46. The van der Waals surface area contributed by atoms with Gasteiger partial charge < -0.3 is 0 Å². The molecule has 0 atom stereocenters. The number of allylic oxidation sites excluding steroid dienone is 1. The maximum atomic E-state index is 13.2. The lowest BCUT2D eigenvalue weighted by molar-refractivity contribution is 0.573. The number of nitrogens with zero attached hydrogens (tertiary/aromatic N) is 4. The van der Waals surface area contributed by atoms with E-state index in [1.807, 2.05) is 42.8 Å². The summed E-state index contributed by atoms with van der Waals surface area (Å²) in [5.41, 5.74) is 3.96. The van der Waals surface area contributed by atoms with Crippen LogP contribution in [0.2, 0.25) is 0 Å². The predicted octanol–water partition coefficient (Wildman–Crippen LogP) is 4.64. The third kappa shape index (κ3) is 3.20. The number of hydrogen-bond acceptors (Lipinski definition) is 3. The van der Waals surface area contributed by atoms with Crippen molar-refractivity contribution in [2.24, 2.45) is 0 Å². The Balaban J connectivity index is 1.90. The molecule has 0 unspecified atom stereocenters. The molecule has 2 heterocycles. The van der Waals surface area contributed by atoms with Crippen LogP contribution in [0.3, 0.4) is 0 Å². The molecule has 0 aliphatic heterocycles. The molecule has 0 spiro atoms. The van der Waals surface area contributed by atoms with Crippen LogP contribution in [0.5, 0.6) is 0 Å². The van der Waals surface area contributed by atoms with Crippen molar-refractivity contribution in [3.63, 3.8) is 0 Å². The molecule has 0 saturated carbocycles. The maximum absolute atomic E-state index is 13.2. The van der Waals surface area contributed by atoms with Crippen LogP contribution in [0, 0.1) is 37.9 Å². The number of aryl methyl sites for hydroxylation is 2. The van der Waals surface area contributed by atoms with Gasteiger partial charge in [0.15, 0.2) is 0 Å².